The molecule has 1 heterocycles. The molecule has 2 aromatic rings. The average Bonchev–Trinajstić information content (AvgIpc) is 3.27. The van der Waals surface area contributed by atoms with Crippen molar-refractivity contribution in [1.82, 2.24) is 20.2 Å². The number of hydrogen-bond acceptors (Lipinski definition) is 5. The largest absolute Gasteiger partial charge is 0.325 e. The molecule has 0 bridgehead atoms. The summed E-state index contributed by atoms with van der Waals surface area (Å²) >= 11 is 1.40. The van der Waals surface area contributed by atoms with E-state index in [1.54, 1.807) is 0 Å². The van der Waals surface area contributed by atoms with Crippen molar-refractivity contribution in [3.05, 3.63) is 29.8 Å². The third kappa shape index (κ3) is 3.72. The molecular weight excluding hydrogens is 310 g/mol. The quantitative estimate of drug-likeness (QED) is 0.823. The standard InChI is InChI=1S/C16H21N5OS/c1-10(2)13-6-4-5-7-14(13)17-15(22)11(3)23-16-18-19-20-21(16)12-8-9-12/h4-7,10-12H,8-9H2,1-3H3,(H,17,22)/t11-/m1/s1. The Hall–Kier alpha value is -1.89. The van der Waals surface area contributed by atoms with Crippen LogP contribution < -0.4 is 5.32 Å². The van der Waals surface area contributed by atoms with Crippen LogP contribution >= 0.6 is 11.8 Å². The van der Waals surface area contributed by atoms with Gasteiger partial charge in [0.2, 0.25) is 11.1 Å². The van der Waals surface area contributed by atoms with Gasteiger partial charge >= 0.3 is 0 Å². The van der Waals surface area contributed by atoms with Gasteiger partial charge in [0, 0.05) is 5.69 Å². The lowest BCUT2D eigenvalue weighted by Crippen LogP contribution is -2.23. The van der Waals surface area contributed by atoms with Crippen molar-refractivity contribution in [3.8, 4) is 0 Å². The summed E-state index contributed by atoms with van der Waals surface area (Å²) in [6, 6.07) is 8.33. The molecule has 6 nitrogen and oxygen atoms in total. The zero-order valence-corrected chi connectivity index (χ0v) is 14.4. The maximum atomic E-state index is 12.5. The van der Waals surface area contributed by atoms with Crippen LogP contribution in [0.2, 0.25) is 0 Å². The third-order valence-electron chi connectivity index (χ3n) is 3.85. The van der Waals surface area contributed by atoms with Gasteiger partial charge in [0.05, 0.1) is 11.3 Å². The molecule has 1 saturated carbocycles. The van der Waals surface area contributed by atoms with E-state index in [0.29, 0.717) is 17.1 Å². The van der Waals surface area contributed by atoms with Crippen LogP contribution in [0.3, 0.4) is 0 Å². The Morgan fingerprint density at radius 1 is 1.30 bits per heavy atom. The predicted molar refractivity (Wildman–Crippen MR) is 90.6 cm³/mol. The molecule has 23 heavy (non-hydrogen) atoms. The number of tetrazole rings is 1. The number of amides is 1. The highest BCUT2D eigenvalue weighted by Crippen LogP contribution is 2.37. The van der Waals surface area contributed by atoms with Gasteiger partial charge in [-0.1, -0.05) is 43.8 Å². The molecule has 0 spiro atoms. The van der Waals surface area contributed by atoms with Crippen LogP contribution in [-0.4, -0.2) is 31.4 Å². The number of carbonyl (C=O) groups excluding carboxylic acids is 1. The minimum absolute atomic E-state index is 0.0338. The van der Waals surface area contributed by atoms with Gasteiger partial charge in [0.15, 0.2) is 0 Å². The summed E-state index contributed by atoms with van der Waals surface area (Å²) in [7, 11) is 0. The second-order valence-corrected chi connectivity index (χ2v) is 7.44. The lowest BCUT2D eigenvalue weighted by Gasteiger charge is -2.16. The molecule has 3 rings (SSSR count). The number of thioether (sulfide) groups is 1. The number of benzene rings is 1. The number of nitrogens with zero attached hydrogens (tertiary/aromatic N) is 4. The molecule has 1 aliphatic rings. The second-order valence-electron chi connectivity index (χ2n) is 6.13. The Labute approximate surface area is 140 Å². The summed E-state index contributed by atoms with van der Waals surface area (Å²) in [6.45, 7) is 6.11. The first kappa shape index (κ1) is 16.0. The molecule has 1 fully saturated rings. The van der Waals surface area contributed by atoms with Gasteiger partial charge in [-0.15, -0.1) is 5.10 Å². The van der Waals surface area contributed by atoms with Gasteiger partial charge < -0.3 is 5.32 Å². The molecule has 1 aromatic carbocycles. The van der Waals surface area contributed by atoms with Crippen molar-refractivity contribution >= 4 is 23.4 Å². The molecule has 0 unspecified atom stereocenters. The van der Waals surface area contributed by atoms with Crippen LogP contribution in [0.4, 0.5) is 5.69 Å². The first-order valence-electron chi connectivity index (χ1n) is 7.90. The fourth-order valence-electron chi connectivity index (χ4n) is 2.37. The van der Waals surface area contributed by atoms with E-state index < -0.39 is 0 Å². The zero-order valence-electron chi connectivity index (χ0n) is 13.6. The van der Waals surface area contributed by atoms with Crippen LogP contribution in [0.25, 0.3) is 0 Å². The number of aromatic nitrogens is 4. The summed E-state index contributed by atoms with van der Waals surface area (Å²) in [6.07, 6.45) is 2.22. The van der Waals surface area contributed by atoms with E-state index in [1.165, 1.54) is 11.8 Å². The van der Waals surface area contributed by atoms with Crippen molar-refractivity contribution in [2.75, 3.05) is 5.32 Å². The van der Waals surface area contributed by atoms with E-state index >= 15 is 0 Å². The van der Waals surface area contributed by atoms with Crippen LogP contribution in [-0.2, 0) is 4.79 Å². The highest BCUT2D eigenvalue weighted by molar-refractivity contribution is 8.00. The van der Waals surface area contributed by atoms with E-state index in [4.69, 9.17) is 0 Å². The van der Waals surface area contributed by atoms with Crippen molar-refractivity contribution in [1.29, 1.82) is 0 Å². The van der Waals surface area contributed by atoms with Gasteiger partial charge in [-0.25, -0.2) is 4.68 Å². The number of anilines is 1. The molecule has 1 N–H and O–H groups in total. The summed E-state index contributed by atoms with van der Waals surface area (Å²) in [5.74, 6) is 0.324. The molecule has 0 radical (unpaired) electrons. The fourth-order valence-corrected chi connectivity index (χ4v) is 3.23. The Bertz CT molecular complexity index is 695. The van der Waals surface area contributed by atoms with E-state index in [2.05, 4.69) is 34.7 Å². The fraction of sp³-hybridized carbons (Fsp3) is 0.500. The van der Waals surface area contributed by atoms with E-state index in [-0.39, 0.29) is 11.2 Å². The maximum Gasteiger partial charge on any atom is 0.237 e. The van der Waals surface area contributed by atoms with Crippen molar-refractivity contribution in [2.24, 2.45) is 0 Å². The van der Waals surface area contributed by atoms with Crippen molar-refractivity contribution in [3.63, 3.8) is 0 Å². The molecule has 1 aliphatic carbocycles. The van der Waals surface area contributed by atoms with Crippen LogP contribution in [0, 0.1) is 0 Å². The lowest BCUT2D eigenvalue weighted by atomic mass is 10.0. The SMILES string of the molecule is CC(C)c1ccccc1NC(=O)[C@@H](C)Sc1nnnn1C1CC1. The summed E-state index contributed by atoms with van der Waals surface area (Å²) in [4.78, 5) is 12.5. The van der Waals surface area contributed by atoms with Gasteiger partial charge in [-0.05, 0) is 47.7 Å². The molecule has 0 aliphatic heterocycles. The Kier molecular flexibility index (Phi) is 4.66. The number of para-hydroxylation sites is 1. The highest BCUT2D eigenvalue weighted by atomic mass is 32.2. The predicted octanol–water partition coefficient (Wildman–Crippen LogP) is 3.25. The van der Waals surface area contributed by atoms with Gasteiger partial charge in [0.25, 0.3) is 0 Å². The van der Waals surface area contributed by atoms with Crippen LogP contribution in [0.5, 0.6) is 0 Å². The molecule has 122 valence electrons. The maximum absolute atomic E-state index is 12.5. The zero-order chi connectivity index (χ0) is 16.4. The highest BCUT2D eigenvalue weighted by Gasteiger charge is 2.29. The number of carbonyl (C=O) groups is 1. The first-order valence-corrected chi connectivity index (χ1v) is 8.78. The lowest BCUT2D eigenvalue weighted by molar-refractivity contribution is -0.115. The summed E-state index contributed by atoms with van der Waals surface area (Å²) < 4.78 is 1.83. The van der Waals surface area contributed by atoms with Gasteiger partial charge in [-0.3, -0.25) is 4.79 Å². The van der Waals surface area contributed by atoms with Crippen molar-refractivity contribution < 1.29 is 4.79 Å². The van der Waals surface area contributed by atoms with Gasteiger partial charge in [0.1, 0.15) is 0 Å². The Morgan fingerprint density at radius 2 is 2.04 bits per heavy atom. The van der Waals surface area contributed by atoms with E-state index in [1.807, 2.05) is 35.9 Å². The minimum Gasteiger partial charge on any atom is -0.325 e. The second kappa shape index (κ2) is 6.70. The topological polar surface area (TPSA) is 72.7 Å². The molecule has 1 aromatic heterocycles. The molecular formula is C16H21N5OS. The summed E-state index contributed by atoms with van der Waals surface area (Å²) in [5, 5.41) is 15.3. The minimum atomic E-state index is -0.265. The summed E-state index contributed by atoms with van der Waals surface area (Å²) in [5.41, 5.74) is 2.02. The molecule has 1 amide bonds. The first-order chi connectivity index (χ1) is 11.1. The number of hydrogen-bond donors (Lipinski definition) is 1. The van der Waals surface area contributed by atoms with E-state index in [9.17, 15) is 4.79 Å². The molecule has 7 heteroatoms. The average molecular weight is 331 g/mol. The van der Waals surface area contributed by atoms with Gasteiger partial charge in [-0.2, -0.15) is 0 Å². The Balaban J connectivity index is 1.67. The van der Waals surface area contributed by atoms with E-state index in [0.717, 1.165) is 24.1 Å². The monoisotopic (exact) mass is 331 g/mol. The molecule has 0 saturated heterocycles. The Morgan fingerprint density at radius 3 is 2.74 bits per heavy atom. The van der Waals surface area contributed by atoms with Crippen molar-refractivity contribution in [2.45, 2.75) is 56.0 Å². The van der Waals surface area contributed by atoms with Crippen LogP contribution in [0.1, 0.15) is 51.1 Å². The number of nitrogens with one attached hydrogen (secondary N) is 1. The molecule has 1 atom stereocenters. The van der Waals surface area contributed by atoms with Crippen LogP contribution in [0.15, 0.2) is 29.4 Å². The normalized spacial score (nSPS) is 15.7. The smallest absolute Gasteiger partial charge is 0.237 e. The number of rotatable bonds is 6. The third-order valence-corrected chi connectivity index (χ3v) is 4.89.